The first-order valence-electron chi connectivity index (χ1n) is 7.68. The lowest BCUT2D eigenvalue weighted by atomic mass is 10.1. The number of rotatable bonds is 4. The van der Waals surface area contributed by atoms with Gasteiger partial charge in [0.1, 0.15) is 4.92 Å². The first-order chi connectivity index (χ1) is 12.2. The molecule has 2 aromatic carbocycles. The first-order valence-corrected chi connectivity index (χ1v) is 7.68. The fraction of sp³-hybridized carbons (Fsp3) is 0. The summed E-state index contributed by atoms with van der Waals surface area (Å²) in [6.07, 6.45) is 0. The van der Waals surface area contributed by atoms with E-state index in [2.05, 4.69) is 9.97 Å². The molecular weight excluding hydrogens is 318 g/mol. The first kappa shape index (κ1) is 14.9. The molecule has 0 radical (unpaired) electrons. The Hall–Kier alpha value is -3.67. The van der Waals surface area contributed by atoms with Crippen molar-refractivity contribution in [1.82, 2.24) is 9.97 Å². The maximum Gasteiger partial charge on any atom is 0.433 e. The van der Waals surface area contributed by atoms with E-state index in [1.807, 2.05) is 60.7 Å². The number of nitrogens with one attached hydrogen (secondary N) is 1. The number of nitro groups is 1. The Labute approximate surface area is 142 Å². The average Bonchev–Trinajstić information content (AvgIpc) is 3.30. The highest BCUT2D eigenvalue weighted by molar-refractivity contribution is 5.80. The minimum absolute atomic E-state index is 0.311. The molecule has 0 saturated heterocycles. The van der Waals surface area contributed by atoms with Crippen LogP contribution in [0.3, 0.4) is 0 Å². The Morgan fingerprint density at radius 1 is 0.880 bits per heavy atom. The van der Waals surface area contributed by atoms with E-state index >= 15 is 0 Å². The van der Waals surface area contributed by atoms with E-state index in [0.717, 1.165) is 22.5 Å². The van der Waals surface area contributed by atoms with Crippen LogP contribution in [-0.2, 0) is 0 Å². The smallest absolute Gasteiger partial charge is 0.397 e. The second-order valence-corrected chi connectivity index (χ2v) is 5.44. The molecule has 0 amide bonds. The molecule has 2 heterocycles. The van der Waals surface area contributed by atoms with Crippen LogP contribution in [0, 0.1) is 10.1 Å². The van der Waals surface area contributed by atoms with Crippen molar-refractivity contribution in [3.05, 3.63) is 82.9 Å². The van der Waals surface area contributed by atoms with Gasteiger partial charge in [0.25, 0.3) is 0 Å². The third kappa shape index (κ3) is 2.81. The molecule has 1 N–H and O–H groups in total. The number of imidazole rings is 1. The van der Waals surface area contributed by atoms with Crippen molar-refractivity contribution in [1.29, 1.82) is 0 Å². The van der Waals surface area contributed by atoms with E-state index in [4.69, 9.17) is 4.42 Å². The fourth-order valence-electron chi connectivity index (χ4n) is 2.66. The maximum absolute atomic E-state index is 10.8. The Morgan fingerprint density at radius 2 is 1.52 bits per heavy atom. The number of furan rings is 1. The molecule has 2 aromatic heterocycles. The summed E-state index contributed by atoms with van der Waals surface area (Å²) in [5.41, 5.74) is 3.52. The van der Waals surface area contributed by atoms with Crippen molar-refractivity contribution >= 4 is 5.88 Å². The molecule has 6 nitrogen and oxygen atoms in total. The number of aromatic nitrogens is 2. The lowest BCUT2D eigenvalue weighted by molar-refractivity contribution is -0.401. The summed E-state index contributed by atoms with van der Waals surface area (Å²) in [4.78, 5) is 18.1. The zero-order chi connectivity index (χ0) is 17.2. The van der Waals surface area contributed by atoms with Gasteiger partial charge in [-0.1, -0.05) is 60.7 Å². The van der Waals surface area contributed by atoms with Gasteiger partial charge in [-0.2, -0.15) is 0 Å². The fourth-order valence-corrected chi connectivity index (χ4v) is 2.66. The Morgan fingerprint density at radius 3 is 2.12 bits per heavy atom. The molecule has 0 aliphatic rings. The number of hydrogen-bond donors (Lipinski definition) is 1. The molecule has 0 atom stereocenters. The van der Waals surface area contributed by atoms with Crippen LogP contribution in [0.4, 0.5) is 5.88 Å². The Bertz CT molecular complexity index is 964. The Kier molecular flexibility index (Phi) is 3.63. The highest BCUT2D eigenvalue weighted by Gasteiger charge is 2.19. The molecule has 4 aromatic rings. The van der Waals surface area contributed by atoms with E-state index in [0.29, 0.717) is 11.6 Å². The predicted octanol–water partition coefficient (Wildman–Crippen LogP) is 4.91. The van der Waals surface area contributed by atoms with E-state index in [1.165, 1.54) is 6.07 Å². The van der Waals surface area contributed by atoms with Crippen molar-refractivity contribution in [2.24, 2.45) is 0 Å². The summed E-state index contributed by atoms with van der Waals surface area (Å²) >= 11 is 0. The molecule has 0 aliphatic carbocycles. The van der Waals surface area contributed by atoms with Crippen LogP contribution < -0.4 is 0 Å². The lowest BCUT2D eigenvalue weighted by Gasteiger charge is -2.02. The number of nitrogens with zero attached hydrogens (tertiary/aromatic N) is 2. The van der Waals surface area contributed by atoms with Gasteiger partial charge in [0, 0.05) is 11.1 Å². The predicted molar refractivity (Wildman–Crippen MR) is 93.8 cm³/mol. The number of H-pyrrole nitrogens is 1. The van der Waals surface area contributed by atoms with Gasteiger partial charge in [-0.3, -0.25) is 10.1 Å². The summed E-state index contributed by atoms with van der Waals surface area (Å²) < 4.78 is 5.28. The number of hydrogen-bond acceptors (Lipinski definition) is 4. The van der Waals surface area contributed by atoms with Gasteiger partial charge in [-0.05, 0) is 6.07 Å². The third-order valence-corrected chi connectivity index (χ3v) is 3.82. The van der Waals surface area contributed by atoms with Gasteiger partial charge in [0.05, 0.1) is 17.5 Å². The summed E-state index contributed by atoms with van der Waals surface area (Å²) in [5, 5.41) is 10.8. The van der Waals surface area contributed by atoms with Crippen LogP contribution in [0.25, 0.3) is 34.1 Å². The normalized spacial score (nSPS) is 10.7. The molecule has 0 spiro atoms. The molecule has 0 saturated carbocycles. The number of aromatic amines is 1. The topological polar surface area (TPSA) is 85.0 Å². The van der Waals surface area contributed by atoms with Crippen LogP contribution in [-0.4, -0.2) is 14.9 Å². The van der Waals surface area contributed by atoms with E-state index in [-0.39, 0.29) is 5.88 Å². The summed E-state index contributed by atoms with van der Waals surface area (Å²) in [5.74, 6) is 0.464. The van der Waals surface area contributed by atoms with Crippen LogP contribution in [0.1, 0.15) is 0 Å². The van der Waals surface area contributed by atoms with E-state index in [9.17, 15) is 10.1 Å². The Balaban J connectivity index is 1.87. The lowest BCUT2D eigenvalue weighted by Crippen LogP contribution is -1.83. The number of benzene rings is 2. The summed E-state index contributed by atoms with van der Waals surface area (Å²) in [6.45, 7) is 0. The minimum atomic E-state index is -0.567. The van der Waals surface area contributed by atoms with Crippen LogP contribution in [0.15, 0.2) is 77.2 Å². The summed E-state index contributed by atoms with van der Waals surface area (Å²) in [7, 11) is 0. The van der Waals surface area contributed by atoms with Crippen LogP contribution in [0.2, 0.25) is 0 Å². The van der Waals surface area contributed by atoms with Gasteiger partial charge >= 0.3 is 5.88 Å². The second-order valence-electron chi connectivity index (χ2n) is 5.44. The van der Waals surface area contributed by atoms with Gasteiger partial charge in [-0.15, -0.1) is 0 Å². The molecule has 0 unspecified atom stereocenters. The highest BCUT2D eigenvalue weighted by Crippen LogP contribution is 2.34. The molecule has 0 fully saturated rings. The molecule has 0 bridgehead atoms. The van der Waals surface area contributed by atoms with Crippen molar-refractivity contribution in [3.8, 4) is 34.1 Å². The highest BCUT2D eigenvalue weighted by atomic mass is 16.6. The van der Waals surface area contributed by atoms with Crippen molar-refractivity contribution in [2.45, 2.75) is 0 Å². The van der Waals surface area contributed by atoms with E-state index < -0.39 is 4.92 Å². The second kappa shape index (κ2) is 6.09. The molecule has 25 heavy (non-hydrogen) atoms. The molecule has 122 valence electrons. The average molecular weight is 331 g/mol. The SMILES string of the molecule is O=[N+]([O-])c1ccc(-c2nc(-c3ccccc3)c(-c3ccccc3)[nH]2)o1. The minimum Gasteiger partial charge on any atom is -0.397 e. The standard InChI is InChI=1S/C19H13N3O3/c23-22(24)16-12-11-15(25-16)19-20-17(13-7-3-1-4-8-13)18(21-19)14-9-5-2-6-10-14/h1-12H,(H,20,21). The van der Waals surface area contributed by atoms with E-state index in [1.54, 1.807) is 6.07 Å². The monoisotopic (exact) mass is 331 g/mol. The maximum atomic E-state index is 10.8. The summed E-state index contributed by atoms with van der Waals surface area (Å²) in [6, 6.07) is 22.4. The van der Waals surface area contributed by atoms with Gasteiger partial charge in [0.2, 0.25) is 0 Å². The zero-order valence-electron chi connectivity index (χ0n) is 13.0. The third-order valence-electron chi connectivity index (χ3n) is 3.82. The van der Waals surface area contributed by atoms with Gasteiger partial charge in [-0.25, -0.2) is 4.98 Å². The molecular formula is C19H13N3O3. The van der Waals surface area contributed by atoms with Crippen molar-refractivity contribution in [3.63, 3.8) is 0 Å². The zero-order valence-corrected chi connectivity index (χ0v) is 13.0. The van der Waals surface area contributed by atoms with Crippen LogP contribution >= 0.6 is 0 Å². The van der Waals surface area contributed by atoms with Crippen molar-refractivity contribution in [2.75, 3.05) is 0 Å². The largest absolute Gasteiger partial charge is 0.433 e. The van der Waals surface area contributed by atoms with Gasteiger partial charge < -0.3 is 9.40 Å². The van der Waals surface area contributed by atoms with Crippen molar-refractivity contribution < 1.29 is 9.34 Å². The molecule has 4 rings (SSSR count). The van der Waals surface area contributed by atoms with Crippen LogP contribution in [0.5, 0.6) is 0 Å². The molecule has 0 aliphatic heterocycles. The quantitative estimate of drug-likeness (QED) is 0.425. The molecule has 6 heteroatoms. The van der Waals surface area contributed by atoms with Gasteiger partial charge in [0.15, 0.2) is 11.6 Å².